The van der Waals surface area contributed by atoms with E-state index in [-0.39, 0.29) is 5.91 Å². The van der Waals surface area contributed by atoms with Gasteiger partial charge in [-0.1, -0.05) is 18.2 Å². The Morgan fingerprint density at radius 3 is 2.64 bits per heavy atom. The molecular formula is C29H28N6O. The Hall–Kier alpha value is -4.23. The van der Waals surface area contributed by atoms with Gasteiger partial charge < -0.3 is 20.4 Å². The van der Waals surface area contributed by atoms with Crippen LogP contribution in [0.4, 0.5) is 17.2 Å². The van der Waals surface area contributed by atoms with Gasteiger partial charge in [0.05, 0.1) is 11.1 Å². The highest BCUT2D eigenvalue weighted by atomic mass is 16.1. The summed E-state index contributed by atoms with van der Waals surface area (Å²) in [5, 5.41) is 7.42. The summed E-state index contributed by atoms with van der Waals surface area (Å²) >= 11 is 0. The maximum Gasteiger partial charge on any atom is 0.257 e. The standard InChI is InChI=1S/C29H28N6O/c1-34-13-15-35(16-14-34)24-7-5-23(6-8-24)33-29(36)22-18-26-25(10-12-31-28(26)32-19-22)20-4-9-27-21(17-20)3-2-11-30-27/h2-11,17-19H,12-16H2,1H3,(H,31,32)(H,33,36). The zero-order valence-corrected chi connectivity index (χ0v) is 20.2. The number of fused-ring (bicyclic) bond motifs is 2. The molecule has 6 rings (SSSR count). The van der Waals surface area contributed by atoms with Crippen molar-refractivity contribution in [3.63, 3.8) is 0 Å². The number of rotatable bonds is 4. The summed E-state index contributed by atoms with van der Waals surface area (Å²) < 4.78 is 0. The van der Waals surface area contributed by atoms with Gasteiger partial charge in [0.15, 0.2) is 0 Å². The first-order chi connectivity index (χ1) is 17.6. The normalized spacial score (nSPS) is 15.7. The van der Waals surface area contributed by atoms with Crippen LogP contribution >= 0.6 is 0 Å². The van der Waals surface area contributed by atoms with Crippen molar-refractivity contribution in [3.05, 3.63) is 95.8 Å². The summed E-state index contributed by atoms with van der Waals surface area (Å²) in [5.74, 6) is 0.608. The maximum absolute atomic E-state index is 13.1. The first-order valence-corrected chi connectivity index (χ1v) is 12.3. The van der Waals surface area contributed by atoms with Crippen molar-refractivity contribution in [2.75, 3.05) is 55.3 Å². The Kier molecular flexibility index (Phi) is 5.83. The molecule has 4 heterocycles. The van der Waals surface area contributed by atoms with E-state index in [2.05, 4.69) is 73.9 Å². The van der Waals surface area contributed by atoms with Gasteiger partial charge in [0, 0.05) is 67.4 Å². The van der Waals surface area contributed by atoms with Crippen molar-refractivity contribution in [1.29, 1.82) is 0 Å². The zero-order valence-electron chi connectivity index (χ0n) is 20.2. The second-order valence-corrected chi connectivity index (χ2v) is 9.32. The summed E-state index contributed by atoms with van der Waals surface area (Å²) in [4.78, 5) is 26.8. The van der Waals surface area contributed by atoms with Crippen molar-refractivity contribution in [3.8, 4) is 0 Å². The third-order valence-electron chi connectivity index (χ3n) is 6.92. The number of anilines is 3. The van der Waals surface area contributed by atoms with E-state index in [1.165, 1.54) is 5.69 Å². The average molecular weight is 477 g/mol. The Morgan fingerprint density at radius 1 is 0.972 bits per heavy atom. The number of likely N-dealkylation sites (N-methyl/N-ethyl adjacent to an activating group) is 1. The fourth-order valence-electron chi connectivity index (χ4n) is 4.83. The molecule has 0 spiro atoms. The van der Waals surface area contributed by atoms with Crippen molar-refractivity contribution in [2.24, 2.45) is 0 Å². The van der Waals surface area contributed by atoms with Gasteiger partial charge >= 0.3 is 0 Å². The number of carbonyl (C=O) groups is 1. The largest absolute Gasteiger partial charge is 0.369 e. The number of nitrogens with zero attached hydrogens (tertiary/aromatic N) is 4. The minimum atomic E-state index is -0.176. The van der Waals surface area contributed by atoms with Gasteiger partial charge in [-0.2, -0.15) is 0 Å². The number of benzene rings is 2. The van der Waals surface area contributed by atoms with Crippen LogP contribution in [-0.2, 0) is 0 Å². The van der Waals surface area contributed by atoms with Gasteiger partial charge in [-0.15, -0.1) is 0 Å². The van der Waals surface area contributed by atoms with Gasteiger partial charge in [0.1, 0.15) is 5.82 Å². The van der Waals surface area contributed by atoms with Gasteiger partial charge in [-0.25, -0.2) is 4.98 Å². The molecule has 36 heavy (non-hydrogen) atoms. The molecule has 2 aromatic heterocycles. The van der Waals surface area contributed by atoms with E-state index in [1.54, 1.807) is 12.4 Å². The minimum Gasteiger partial charge on any atom is -0.369 e. The number of hydrogen-bond acceptors (Lipinski definition) is 6. The minimum absolute atomic E-state index is 0.176. The number of piperazine rings is 1. The molecule has 2 aliphatic heterocycles. The number of hydrogen-bond donors (Lipinski definition) is 2. The third-order valence-corrected chi connectivity index (χ3v) is 6.92. The Balaban J connectivity index is 1.22. The average Bonchev–Trinajstić information content (AvgIpc) is 2.93. The highest BCUT2D eigenvalue weighted by Crippen LogP contribution is 2.33. The van der Waals surface area contributed by atoms with Crippen LogP contribution in [-0.4, -0.2) is 60.5 Å². The van der Waals surface area contributed by atoms with E-state index in [4.69, 9.17) is 0 Å². The second-order valence-electron chi connectivity index (χ2n) is 9.32. The molecule has 180 valence electrons. The molecule has 0 unspecified atom stereocenters. The molecule has 0 aliphatic carbocycles. The second kappa shape index (κ2) is 9.43. The van der Waals surface area contributed by atoms with E-state index < -0.39 is 0 Å². The zero-order chi connectivity index (χ0) is 24.5. The summed E-state index contributed by atoms with van der Waals surface area (Å²) in [7, 11) is 2.15. The molecule has 2 aliphatic rings. The predicted molar refractivity (Wildman–Crippen MR) is 146 cm³/mol. The summed E-state index contributed by atoms with van der Waals surface area (Å²) in [6.45, 7) is 4.84. The Bertz CT molecular complexity index is 1450. The van der Waals surface area contributed by atoms with Crippen molar-refractivity contribution >= 4 is 39.6 Å². The van der Waals surface area contributed by atoms with Crippen LogP contribution in [0.25, 0.3) is 16.5 Å². The van der Waals surface area contributed by atoms with E-state index in [0.29, 0.717) is 12.1 Å². The Morgan fingerprint density at radius 2 is 1.81 bits per heavy atom. The van der Waals surface area contributed by atoms with Crippen molar-refractivity contribution in [2.45, 2.75) is 0 Å². The molecule has 7 nitrogen and oxygen atoms in total. The lowest BCUT2D eigenvalue weighted by Gasteiger charge is -2.34. The predicted octanol–water partition coefficient (Wildman–Crippen LogP) is 4.49. The molecule has 1 fully saturated rings. The van der Waals surface area contributed by atoms with Gasteiger partial charge in [0.25, 0.3) is 5.91 Å². The number of pyridine rings is 2. The van der Waals surface area contributed by atoms with Crippen LogP contribution in [0.1, 0.15) is 21.5 Å². The summed E-state index contributed by atoms with van der Waals surface area (Å²) in [6.07, 6.45) is 5.57. The van der Waals surface area contributed by atoms with E-state index in [9.17, 15) is 4.79 Å². The Labute approximate surface area is 210 Å². The lowest BCUT2D eigenvalue weighted by atomic mass is 9.94. The number of amides is 1. The van der Waals surface area contributed by atoms with Gasteiger partial charge in [-0.3, -0.25) is 9.78 Å². The van der Waals surface area contributed by atoms with Gasteiger partial charge in [0.2, 0.25) is 0 Å². The smallest absolute Gasteiger partial charge is 0.257 e. The number of carbonyl (C=O) groups excluding carboxylic acids is 1. The first-order valence-electron chi connectivity index (χ1n) is 12.3. The lowest BCUT2D eigenvalue weighted by Crippen LogP contribution is -2.44. The first kappa shape index (κ1) is 22.2. The molecule has 7 heteroatoms. The van der Waals surface area contributed by atoms with E-state index in [0.717, 1.165) is 65.3 Å². The fraction of sp³-hybridized carbons (Fsp3) is 0.207. The molecule has 0 radical (unpaired) electrons. The van der Waals surface area contributed by atoms with Gasteiger partial charge in [-0.05, 0) is 66.7 Å². The molecule has 0 saturated carbocycles. The lowest BCUT2D eigenvalue weighted by molar-refractivity contribution is 0.102. The molecular weight excluding hydrogens is 448 g/mol. The SMILES string of the molecule is CN1CCN(c2ccc(NC(=O)c3cnc4c(c3)C(c3ccc5ncccc5c3)=CCN4)cc2)CC1. The van der Waals surface area contributed by atoms with Crippen LogP contribution < -0.4 is 15.5 Å². The summed E-state index contributed by atoms with van der Waals surface area (Å²) in [5.41, 5.74) is 6.50. The molecule has 0 atom stereocenters. The van der Waals surface area contributed by atoms with Crippen LogP contribution in [0.15, 0.2) is 79.1 Å². The van der Waals surface area contributed by atoms with E-state index in [1.807, 2.05) is 30.3 Å². The maximum atomic E-state index is 13.1. The topological polar surface area (TPSA) is 73.4 Å². The molecule has 2 N–H and O–H groups in total. The number of aromatic nitrogens is 2. The summed E-state index contributed by atoms with van der Waals surface area (Å²) in [6, 6.07) is 20.2. The molecule has 1 saturated heterocycles. The van der Waals surface area contributed by atoms with Crippen molar-refractivity contribution < 1.29 is 4.79 Å². The molecule has 0 bridgehead atoms. The van der Waals surface area contributed by atoms with E-state index >= 15 is 0 Å². The highest BCUT2D eigenvalue weighted by molar-refractivity contribution is 6.05. The van der Waals surface area contributed by atoms with Crippen LogP contribution in [0.2, 0.25) is 0 Å². The van der Waals surface area contributed by atoms with Crippen LogP contribution in [0.5, 0.6) is 0 Å². The molecule has 4 aromatic rings. The highest BCUT2D eigenvalue weighted by Gasteiger charge is 2.19. The quantitative estimate of drug-likeness (QED) is 0.452. The van der Waals surface area contributed by atoms with Crippen LogP contribution in [0, 0.1) is 0 Å². The third kappa shape index (κ3) is 4.41. The molecule has 2 aromatic carbocycles. The number of nitrogens with one attached hydrogen (secondary N) is 2. The molecule has 1 amide bonds. The van der Waals surface area contributed by atoms with Crippen LogP contribution in [0.3, 0.4) is 0 Å². The van der Waals surface area contributed by atoms with Crippen molar-refractivity contribution in [1.82, 2.24) is 14.9 Å². The monoisotopic (exact) mass is 476 g/mol. The fourth-order valence-corrected chi connectivity index (χ4v) is 4.83.